The Balaban J connectivity index is 2.04. The molecule has 1 fully saturated rings. The Morgan fingerprint density at radius 3 is 2.44 bits per heavy atom. The molecular formula is C15H21BrN2. The summed E-state index contributed by atoms with van der Waals surface area (Å²) < 4.78 is 1.10. The van der Waals surface area contributed by atoms with Crippen LogP contribution >= 0.6 is 15.9 Å². The lowest BCUT2D eigenvalue weighted by molar-refractivity contribution is 0.435. The summed E-state index contributed by atoms with van der Waals surface area (Å²) in [5.41, 5.74) is 7.38. The first kappa shape index (κ1) is 13.6. The molecule has 18 heavy (non-hydrogen) atoms. The number of rotatable bonds is 3. The van der Waals surface area contributed by atoms with Gasteiger partial charge in [0.05, 0.1) is 11.9 Å². The van der Waals surface area contributed by atoms with E-state index in [2.05, 4.69) is 52.1 Å². The van der Waals surface area contributed by atoms with Crippen LogP contribution in [0.4, 0.5) is 0 Å². The van der Waals surface area contributed by atoms with Gasteiger partial charge in [-0.25, -0.2) is 0 Å². The van der Waals surface area contributed by atoms with Gasteiger partial charge in [0.25, 0.3) is 0 Å². The Labute approximate surface area is 118 Å². The van der Waals surface area contributed by atoms with Gasteiger partial charge >= 0.3 is 0 Å². The van der Waals surface area contributed by atoms with Crippen LogP contribution < -0.4 is 5.73 Å². The van der Waals surface area contributed by atoms with Gasteiger partial charge in [-0.3, -0.25) is 4.99 Å². The predicted molar refractivity (Wildman–Crippen MR) is 80.8 cm³/mol. The zero-order valence-electron chi connectivity index (χ0n) is 10.9. The number of nitrogens with zero attached hydrogens (tertiary/aromatic N) is 1. The van der Waals surface area contributed by atoms with Gasteiger partial charge in [0.15, 0.2) is 0 Å². The van der Waals surface area contributed by atoms with Crippen molar-refractivity contribution in [2.45, 2.75) is 45.1 Å². The molecule has 0 spiro atoms. The third-order valence-electron chi connectivity index (χ3n) is 3.72. The van der Waals surface area contributed by atoms with Crippen molar-refractivity contribution in [1.29, 1.82) is 0 Å². The van der Waals surface area contributed by atoms with E-state index in [1.54, 1.807) is 0 Å². The normalized spacial score (nSPS) is 19.8. The van der Waals surface area contributed by atoms with Gasteiger partial charge in [-0.05, 0) is 37.5 Å². The van der Waals surface area contributed by atoms with Crippen LogP contribution in [0.25, 0.3) is 0 Å². The van der Waals surface area contributed by atoms with Crippen LogP contribution in [0.15, 0.2) is 33.7 Å². The molecule has 0 heterocycles. The molecule has 1 atom stereocenters. The van der Waals surface area contributed by atoms with Crippen molar-refractivity contribution < 1.29 is 0 Å². The molecule has 0 aromatic heterocycles. The zero-order chi connectivity index (χ0) is 13.0. The molecule has 1 unspecified atom stereocenters. The van der Waals surface area contributed by atoms with Crippen molar-refractivity contribution in [2.75, 3.05) is 0 Å². The predicted octanol–water partition coefficient (Wildman–Crippen LogP) is 4.45. The van der Waals surface area contributed by atoms with E-state index >= 15 is 0 Å². The fourth-order valence-corrected chi connectivity index (χ4v) is 2.81. The van der Waals surface area contributed by atoms with Gasteiger partial charge in [0, 0.05) is 10.4 Å². The largest absolute Gasteiger partial charge is 0.387 e. The smallest absolute Gasteiger partial charge is 0.0975 e. The molecule has 3 heteroatoms. The van der Waals surface area contributed by atoms with Crippen molar-refractivity contribution in [3.05, 3.63) is 34.3 Å². The maximum Gasteiger partial charge on any atom is 0.0975 e. The summed E-state index contributed by atoms with van der Waals surface area (Å²) in [7, 11) is 0. The maximum absolute atomic E-state index is 6.16. The lowest BCUT2D eigenvalue weighted by Gasteiger charge is -2.22. The molecule has 1 aromatic rings. The summed E-state index contributed by atoms with van der Waals surface area (Å²) in [6.07, 6.45) is 6.37. The molecule has 1 aliphatic rings. The Kier molecular flexibility index (Phi) is 4.81. The highest BCUT2D eigenvalue weighted by Crippen LogP contribution is 2.26. The minimum absolute atomic E-state index is 0.153. The molecule has 0 saturated heterocycles. The second-order valence-electron chi connectivity index (χ2n) is 5.12. The maximum atomic E-state index is 6.16. The topological polar surface area (TPSA) is 38.4 Å². The van der Waals surface area contributed by atoms with Gasteiger partial charge in [-0.1, -0.05) is 47.3 Å². The van der Waals surface area contributed by atoms with E-state index in [-0.39, 0.29) is 6.04 Å². The molecule has 98 valence electrons. The quantitative estimate of drug-likeness (QED) is 0.650. The molecule has 2 rings (SSSR count). The number of hydrogen-bond acceptors (Lipinski definition) is 1. The molecule has 0 amide bonds. The monoisotopic (exact) mass is 308 g/mol. The van der Waals surface area contributed by atoms with Crippen molar-refractivity contribution in [1.82, 2.24) is 0 Å². The van der Waals surface area contributed by atoms with Crippen molar-refractivity contribution in [2.24, 2.45) is 16.6 Å². The minimum atomic E-state index is 0.153. The average Bonchev–Trinajstić information content (AvgIpc) is 2.40. The molecule has 0 aliphatic heterocycles. The van der Waals surface area contributed by atoms with Crippen molar-refractivity contribution in [3.8, 4) is 0 Å². The Hall–Kier alpha value is -0.830. The molecule has 0 radical (unpaired) electrons. The molecular weight excluding hydrogens is 288 g/mol. The summed E-state index contributed by atoms with van der Waals surface area (Å²) in [6, 6.07) is 8.47. The fourth-order valence-electron chi connectivity index (χ4n) is 2.54. The van der Waals surface area contributed by atoms with E-state index in [1.165, 1.54) is 37.7 Å². The van der Waals surface area contributed by atoms with Crippen LogP contribution in [0, 0.1) is 5.92 Å². The Morgan fingerprint density at radius 1 is 1.22 bits per heavy atom. The van der Waals surface area contributed by atoms with Crippen molar-refractivity contribution in [3.63, 3.8) is 0 Å². The number of nitrogens with two attached hydrogens (primary N) is 1. The molecule has 1 saturated carbocycles. The van der Waals surface area contributed by atoms with E-state index in [0.717, 1.165) is 10.3 Å². The second kappa shape index (κ2) is 6.37. The van der Waals surface area contributed by atoms with Crippen LogP contribution in [0.2, 0.25) is 0 Å². The molecule has 1 aliphatic carbocycles. The summed E-state index contributed by atoms with van der Waals surface area (Å²) in [4.78, 5) is 4.68. The van der Waals surface area contributed by atoms with E-state index in [9.17, 15) is 0 Å². The highest BCUT2D eigenvalue weighted by molar-refractivity contribution is 9.10. The van der Waals surface area contributed by atoms with Gasteiger partial charge in [-0.2, -0.15) is 0 Å². The van der Waals surface area contributed by atoms with Crippen LogP contribution in [0.5, 0.6) is 0 Å². The van der Waals surface area contributed by atoms with Gasteiger partial charge in [0.2, 0.25) is 0 Å². The standard InChI is InChI=1S/C15H21BrN2/c1-11(12-7-9-14(16)10-8-12)18-15(17)13-5-3-2-4-6-13/h7-11,13H,2-6H2,1H3,(H2,17,18). The first-order valence-electron chi connectivity index (χ1n) is 6.75. The SMILES string of the molecule is CC(N=C(N)C1CCCCC1)c1ccc(Br)cc1. The van der Waals surface area contributed by atoms with Gasteiger partial charge in [0.1, 0.15) is 0 Å². The first-order chi connectivity index (χ1) is 8.66. The third-order valence-corrected chi connectivity index (χ3v) is 4.25. The Bertz CT molecular complexity index is 405. The number of benzene rings is 1. The number of aliphatic imine (C=N–C) groups is 1. The summed E-state index contributed by atoms with van der Waals surface area (Å²) >= 11 is 3.45. The lowest BCUT2D eigenvalue weighted by Crippen LogP contribution is -2.26. The van der Waals surface area contributed by atoms with Crippen LogP contribution in [-0.4, -0.2) is 5.84 Å². The first-order valence-corrected chi connectivity index (χ1v) is 7.55. The molecule has 2 nitrogen and oxygen atoms in total. The third kappa shape index (κ3) is 3.58. The van der Waals surface area contributed by atoms with Crippen molar-refractivity contribution >= 4 is 21.8 Å². The Morgan fingerprint density at radius 2 is 1.83 bits per heavy atom. The van der Waals surface area contributed by atoms with E-state index in [4.69, 9.17) is 5.73 Å². The van der Waals surface area contributed by atoms with Crippen LogP contribution in [-0.2, 0) is 0 Å². The highest BCUT2D eigenvalue weighted by Gasteiger charge is 2.17. The highest BCUT2D eigenvalue weighted by atomic mass is 79.9. The van der Waals surface area contributed by atoms with Crippen LogP contribution in [0.1, 0.15) is 50.6 Å². The summed E-state index contributed by atoms with van der Waals surface area (Å²) in [6.45, 7) is 2.11. The van der Waals surface area contributed by atoms with Gasteiger partial charge in [-0.15, -0.1) is 0 Å². The molecule has 1 aromatic carbocycles. The average molecular weight is 309 g/mol. The molecule has 2 N–H and O–H groups in total. The van der Waals surface area contributed by atoms with E-state index in [1.807, 2.05) is 0 Å². The van der Waals surface area contributed by atoms with E-state index in [0.29, 0.717) is 5.92 Å². The number of hydrogen-bond donors (Lipinski definition) is 1. The molecule has 0 bridgehead atoms. The number of amidine groups is 1. The minimum Gasteiger partial charge on any atom is -0.387 e. The van der Waals surface area contributed by atoms with Gasteiger partial charge < -0.3 is 5.73 Å². The van der Waals surface area contributed by atoms with Crippen LogP contribution in [0.3, 0.4) is 0 Å². The number of halogens is 1. The summed E-state index contributed by atoms with van der Waals surface area (Å²) in [5.74, 6) is 1.36. The second-order valence-corrected chi connectivity index (χ2v) is 6.03. The van der Waals surface area contributed by atoms with E-state index < -0.39 is 0 Å². The lowest BCUT2D eigenvalue weighted by atomic mass is 9.88. The fraction of sp³-hybridized carbons (Fsp3) is 0.533. The zero-order valence-corrected chi connectivity index (χ0v) is 12.5. The summed E-state index contributed by atoms with van der Waals surface area (Å²) in [5, 5.41) is 0.